The normalized spacial score (nSPS) is 25.2. The molecule has 0 aliphatic carbocycles. The molecule has 116 valence electrons. The Hall–Kier alpha value is -1.95. The Labute approximate surface area is 132 Å². The van der Waals surface area contributed by atoms with E-state index in [1.807, 2.05) is 50.4 Å². The number of aromatic nitrogens is 2. The molecule has 3 rings (SSSR count). The Bertz CT molecular complexity index is 685. The minimum absolute atomic E-state index is 0.00423. The van der Waals surface area contributed by atoms with Crippen LogP contribution in [-0.2, 0) is 10.8 Å². The Kier molecular flexibility index (Phi) is 4.11. The zero-order chi connectivity index (χ0) is 15.7. The summed E-state index contributed by atoms with van der Waals surface area (Å²) >= 11 is 0. The van der Waals surface area contributed by atoms with E-state index in [9.17, 15) is 9.00 Å². The first-order valence-electron chi connectivity index (χ1n) is 7.35. The van der Waals surface area contributed by atoms with Gasteiger partial charge in [-0.05, 0) is 32.0 Å². The molecule has 1 aliphatic rings. The quantitative estimate of drug-likeness (QED) is 0.849. The summed E-state index contributed by atoms with van der Waals surface area (Å²) in [7, 11) is -0.870. The van der Waals surface area contributed by atoms with Gasteiger partial charge in [-0.15, -0.1) is 0 Å². The van der Waals surface area contributed by atoms with Gasteiger partial charge in [-0.25, -0.2) is 4.68 Å². The van der Waals surface area contributed by atoms with E-state index in [0.717, 1.165) is 5.69 Å². The average molecular weight is 317 g/mol. The second-order valence-electron chi connectivity index (χ2n) is 5.63. The third-order valence-electron chi connectivity index (χ3n) is 3.92. The van der Waals surface area contributed by atoms with Crippen LogP contribution in [0.2, 0.25) is 0 Å². The smallest absolute Gasteiger partial charge is 0.256 e. The maximum absolute atomic E-state index is 12.9. The van der Waals surface area contributed by atoms with Crippen molar-refractivity contribution in [3.63, 3.8) is 0 Å². The van der Waals surface area contributed by atoms with Crippen molar-refractivity contribution in [1.29, 1.82) is 0 Å². The number of hydrogen-bond acceptors (Lipinski definition) is 3. The van der Waals surface area contributed by atoms with Crippen molar-refractivity contribution in [2.24, 2.45) is 0 Å². The molecule has 0 radical (unpaired) electrons. The fraction of sp³-hybridized carbons (Fsp3) is 0.375. The molecule has 1 amide bonds. The van der Waals surface area contributed by atoms with Crippen molar-refractivity contribution in [3.8, 4) is 5.69 Å². The van der Waals surface area contributed by atoms with Crippen molar-refractivity contribution >= 4 is 16.7 Å². The summed E-state index contributed by atoms with van der Waals surface area (Å²) < 4.78 is 13.7. The highest BCUT2D eigenvalue weighted by Crippen LogP contribution is 2.20. The number of rotatable bonds is 2. The largest absolute Gasteiger partial charge is 0.336 e. The standard InChI is InChI=1S/C16H19N3O2S/c1-12-10-18(11-13(2)22(12)21)16(20)14-6-3-4-7-15(14)19-9-5-8-17-19/h3-9,12-13H,10-11H2,1-2H3. The average Bonchev–Trinajstić information content (AvgIpc) is 3.05. The molecule has 0 bridgehead atoms. The van der Waals surface area contributed by atoms with Gasteiger partial charge in [0, 0.05) is 46.8 Å². The fourth-order valence-corrected chi connectivity index (χ4v) is 4.29. The van der Waals surface area contributed by atoms with Gasteiger partial charge in [0.25, 0.3) is 5.91 Å². The Morgan fingerprint density at radius 3 is 2.50 bits per heavy atom. The van der Waals surface area contributed by atoms with Gasteiger partial charge in [0.05, 0.1) is 11.3 Å². The van der Waals surface area contributed by atoms with Crippen LogP contribution in [0.4, 0.5) is 0 Å². The Morgan fingerprint density at radius 1 is 1.18 bits per heavy atom. The molecule has 0 N–H and O–H groups in total. The van der Waals surface area contributed by atoms with Gasteiger partial charge >= 0.3 is 0 Å². The van der Waals surface area contributed by atoms with Crippen LogP contribution < -0.4 is 0 Å². The number of benzene rings is 1. The zero-order valence-corrected chi connectivity index (χ0v) is 13.5. The van der Waals surface area contributed by atoms with Crippen molar-refractivity contribution < 1.29 is 9.00 Å². The zero-order valence-electron chi connectivity index (χ0n) is 12.7. The summed E-state index contributed by atoms with van der Waals surface area (Å²) in [4.78, 5) is 14.7. The molecule has 2 heterocycles. The predicted octanol–water partition coefficient (Wildman–Crippen LogP) is 1.85. The first-order valence-corrected chi connectivity index (χ1v) is 8.63. The Morgan fingerprint density at radius 2 is 1.86 bits per heavy atom. The third kappa shape index (κ3) is 2.70. The summed E-state index contributed by atoms with van der Waals surface area (Å²) in [6.45, 7) is 4.93. The molecule has 6 heteroatoms. The van der Waals surface area contributed by atoms with E-state index in [4.69, 9.17) is 0 Å². The van der Waals surface area contributed by atoms with Gasteiger partial charge in [-0.1, -0.05) is 12.1 Å². The maximum Gasteiger partial charge on any atom is 0.256 e. The second kappa shape index (κ2) is 6.04. The van der Waals surface area contributed by atoms with E-state index in [1.54, 1.807) is 15.8 Å². The number of hydrogen-bond donors (Lipinski definition) is 0. The summed E-state index contributed by atoms with van der Waals surface area (Å²) in [6.07, 6.45) is 3.51. The van der Waals surface area contributed by atoms with Crippen LogP contribution in [0, 0.1) is 0 Å². The van der Waals surface area contributed by atoms with Gasteiger partial charge in [-0.2, -0.15) is 5.10 Å². The van der Waals surface area contributed by atoms with E-state index in [1.165, 1.54) is 0 Å². The third-order valence-corrected chi connectivity index (χ3v) is 5.81. The van der Waals surface area contributed by atoms with Gasteiger partial charge in [0.1, 0.15) is 0 Å². The monoisotopic (exact) mass is 317 g/mol. The van der Waals surface area contributed by atoms with Gasteiger partial charge in [0.15, 0.2) is 0 Å². The number of carbonyl (C=O) groups excluding carboxylic acids is 1. The van der Waals surface area contributed by atoms with Crippen LogP contribution in [0.1, 0.15) is 24.2 Å². The SMILES string of the molecule is CC1CN(C(=O)c2ccccc2-n2cccn2)CC(C)S1=O. The molecule has 1 aliphatic heterocycles. The summed E-state index contributed by atoms with van der Waals surface area (Å²) in [5.74, 6) is -0.0264. The van der Waals surface area contributed by atoms with Crippen LogP contribution in [0.15, 0.2) is 42.7 Å². The summed E-state index contributed by atoms with van der Waals surface area (Å²) in [5, 5.41) is 4.22. The fourth-order valence-electron chi connectivity index (χ4n) is 2.84. The highest BCUT2D eigenvalue weighted by molar-refractivity contribution is 7.86. The van der Waals surface area contributed by atoms with Crippen LogP contribution in [-0.4, -0.2) is 48.4 Å². The van der Waals surface area contributed by atoms with Gasteiger partial charge in [0.2, 0.25) is 0 Å². The molecular formula is C16H19N3O2S. The van der Waals surface area contributed by atoms with Crippen LogP contribution in [0.5, 0.6) is 0 Å². The molecule has 0 saturated carbocycles. The lowest BCUT2D eigenvalue weighted by molar-refractivity contribution is 0.0751. The molecule has 2 atom stereocenters. The highest BCUT2D eigenvalue weighted by atomic mass is 32.2. The van der Waals surface area contributed by atoms with E-state index < -0.39 is 10.8 Å². The van der Waals surface area contributed by atoms with Crippen LogP contribution in [0.25, 0.3) is 5.69 Å². The maximum atomic E-state index is 12.9. The molecular weight excluding hydrogens is 298 g/mol. The first-order chi connectivity index (χ1) is 10.6. The Balaban J connectivity index is 1.92. The molecule has 2 aromatic rings. The van der Waals surface area contributed by atoms with Crippen molar-refractivity contribution in [2.75, 3.05) is 13.1 Å². The minimum atomic E-state index is -0.870. The van der Waals surface area contributed by atoms with Gasteiger partial charge in [-0.3, -0.25) is 9.00 Å². The molecule has 1 aromatic carbocycles. The van der Waals surface area contributed by atoms with E-state index >= 15 is 0 Å². The summed E-state index contributed by atoms with van der Waals surface area (Å²) in [5.41, 5.74) is 1.39. The number of nitrogens with zero attached hydrogens (tertiary/aromatic N) is 3. The van der Waals surface area contributed by atoms with E-state index in [0.29, 0.717) is 18.7 Å². The van der Waals surface area contributed by atoms with Crippen molar-refractivity contribution in [3.05, 3.63) is 48.3 Å². The molecule has 0 spiro atoms. The lowest BCUT2D eigenvalue weighted by Crippen LogP contribution is -2.49. The molecule has 22 heavy (non-hydrogen) atoms. The van der Waals surface area contributed by atoms with E-state index in [-0.39, 0.29) is 16.4 Å². The summed E-state index contributed by atoms with van der Waals surface area (Å²) in [6, 6.07) is 9.28. The first kappa shape index (κ1) is 15.0. The van der Waals surface area contributed by atoms with Crippen molar-refractivity contribution in [2.45, 2.75) is 24.3 Å². The predicted molar refractivity (Wildman–Crippen MR) is 86.5 cm³/mol. The van der Waals surface area contributed by atoms with Gasteiger partial charge < -0.3 is 4.90 Å². The topological polar surface area (TPSA) is 55.2 Å². The lowest BCUT2D eigenvalue weighted by Gasteiger charge is -2.34. The molecule has 2 unspecified atom stereocenters. The minimum Gasteiger partial charge on any atom is -0.336 e. The number of amides is 1. The van der Waals surface area contributed by atoms with Crippen molar-refractivity contribution in [1.82, 2.24) is 14.7 Å². The molecule has 5 nitrogen and oxygen atoms in total. The number of para-hydroxylation sites is 1. The molecule has 1 saturated heterocycles. The van der Waals surface area contributed by atoms with Crippen LogP contribution in [0.3, 0.4) is 0 Å². The lowest BCUT2D eigenvalue weighted by atomic mass is 10.1. The molecule has 1 aromatic heterocycles. The van der Waals surface area contributed by atoms with Crippen LogP contribution >= 0.6 is 0 Å². The number of carbonyl (C=O) groups is 1. The highest BCUT2D eigenvalue weighted by Gasteiger charge is 2.32. The second-order valence-corrected chi connectivity index (χ2v) is 7.89. The van der Waals surface area contributed by atoms with E-state index in [2.05, 4.69) is 5.10 Å². The molecule has 1 fully saturated rings.